The van der Waals surface area contributed by atoms with Gasteiger partial charge >= 0.3 is 12.1 Å². The van der Waals surface area contributed by atoms with Crippen LogP contribution in [0.1, 0.15) is 18.1 Å². The van der Waals surface area contributed by atoms with Crippen LogP contribution in [0.15, 0.2) is 47.4 Å². The van der Waals surface area contributed by atoms with Crippen molar-refractivity contribution >= 4 is 27.4 Å². The van der Waals surface area contributed by atoms with Gasteiger partial charge in [0.1, 0.15) is 24.1 Å². The molecule has 0 radical (unpaired) electrons. The van der Waals surface area contributed by atoms with Crippen LogP contribution in [0.4, 0.5) is 23.2 Å². The van der Waals surface area contributed by atoms with Crippen LogP contribution in [0.25, 0.3) is 0 Å². The second-order valence-electron chi connectivity index (χ2n) is 9.12. The minimum absolute atomic E-state index is 0.401. The molecule has 0 bridgehead atoms. The Bertz CT molecular complexity index is 1460. The number of sulfone groups is 1. The third-order valence-electron chi connectivity index (χ3n) is 6.01. The van der Waals surface area contributed by atoms with Crippen molar-refractivity contribution in [2.75, 3.05) is 11.1 Å². The lowest BCUT2D eigenvalue weighted by Gasteiger charge is -2.42. The summed E-state index contributed by atoms with van der Waals surface area (Å²) in [6, 6.07) is 6.70. The summed E-state index contributed by atoms with van der Waals surface area (Å²) in [4.78, 5) is 24.3. The molecular formula is C24H22F4N2O10S. The normalized spacial score (nSPS) is 24.6. The smallest absolute Gasteiger partial charge is 0.417 e. The lowest BCUT2D eigenvalue weighted by Crippen LogP contribution is -2.63. The number of carboxylic acids is 1. The molecule has 2 aromatic rings. The highest BCUT2D eigenvalue weighted by atomic mass is 32.2. The summed E-state index contributed by atoms with van der Waals surface area (Å²) >= 11 is 0. The molecule has 0 spiro atoms. The fraction of sp³-hybridized carbons (Fsp3) is 0.375. The Hall–Kier alpha value is -3.66. The van der Waals surface area contributed by atoms with E-state index in [4.69, 9.17) is 14.7 Å². The van der Waals surface area contributed by atoms with Gasteiger partial charge in [0.25, 0.3) is 5.91 Å². The molecular weight excluding hydrogens is 584 g/mol. The zero-order valence-electron chi connectivity index (χ0n) is 20.7. The molecule has 0 saturated carbocycles. The number of hydrogen-bond donors (Lipinski definition) is 5. The zero-order valence-corrected chi connectivity index (χ0v) is 21.6. The van der Waals surface area contributed by atoms with E-state index < -0.39 is 97.5 Å². The summed E-state index contributed by atoms with van der Waals surface area (Å²) in [5, 5.41) is 50.6. The number of amides is 1. The highest BCUT2D eigenvalue weighted by Gasteiger charge is 2.52. The van der Waals surface area contributed by atoms with Crippen molar-refractivity contribution in [1.29, 1.82) is 5.26 Å². The van der Waals surface area contributed by atoms with Gasteiger partial charge in [-0.15, -0.1) is 0 Å². The second kappa shape index (κ2) is 11.7. The number of anilines is 1. The van der Waals surface area contributed by atoms with Gasteiger partial charge < -0.3 is 35.2 Å². The monoisotopic (exact) mass is 606 g/mol. The van der Waals surface area contributed by atoms with Crippen LogP contribution in [0, 0.1) is 17.1 Å². The number of carbonyl (C=O) groups excluding carboxylic acids is 1. The van der Waals surface area contributed by atoms with E-state index in [9.17, 15) is 56.0 Å². The van der Waals surface area contributed by atoms with E-state index in [1.54, 1.807) is 0 Å². The molecule has 6 atom stereocenters. The fourth-order valence-corrected chi connectivity index (χ4v) is 5.51. The number of aliphatic hydroxyl groups excluding tert-OH is 3. The Kier molecular flexibility index (Phi) is 9.08. The van der Waals surface area contributed by atoms with Crippen LogP contribution in [-0.4, -0.2) is 82.8 Å². The van der Waals surface area contributed by atoms with E-state index in [0.717, 1.165) is 43.3 Å². The highest BCUT2D eigenvalue weighted by Crippen LogP contribution is 2.34. The number of rotatable bonds is 8. The van der Waals surface area contributed by atoms with Crippen LogP contribution in [0.3, 0.4) is 0 Å². The fourth-order valence-electron chi connectivity index (χ4n) is 3.86. The molecule has 12 nitrogen and oxygen atoms in total. The summed E-state index contributed by atoms with van der Waals surface area (Å²) < 4.78 is 90.3. The van der Waals surface area contributed by atoms with Crippen LogP contribution in [0.5, 0.6) is 0 Å². The van der Waals surface area contributed by atoms with Crippen LogP contribution in [-0.2, 0) is 35.1 Å². The van der Waals surface area contributed by atoms with Gasteiger partial charge in [-0.25, -0.2) is 17.6 Å². The predicted molar refractivity (Wildman–Crippen MR) is 127 cm³/mol. The number of ether oxygens (including phenoxy) is 2. The molecule has 1 amide bonds. The lowest BCUT2D eigenvalue weighted by atomic mass is 9.98. The van der Waals surface area contributed by atoms with Gasteiger partial charge in [-0.2, -0.15) is 18.4 Å². The zero-order chi connectivity index (χ0) is 30.9. The van der Waals surface area contributed by atoms with E-state index in [1.807, 2.05) is 5.32 Å². The molecule has 1 fully saturated rings. The van der Waals surface area contributed by atoms with Crippen LogP contribution >= 0.6 is 0 Å². The van der Waals surface area contributed by atoms with Crippen molar-refractivity contribution in [3.05, 3.63) is 59.4 Å². The van der Waals surface area contributed by atoms with E-state index in [2.05, 4.69) is 0 Å². The van der Waals surface area contributed by atoms with Gasteiger partial charge in [-0.3, -0.25) is 4.79 Å². The first-order valence-electron chi connectivity index (χ1n) is 11.4. The Balaban J connectivity index is 2.03. The first-order valence-corrected chi connectivity index (χ1v) is 13.1. The molecule has 3 rings (SSSR count). The Morgan fingerprint density at radius 2 is 1.68 bits per heavy atom. The van der Waals surface area contributed by atoms with Crippen molar-refractivity contribution in [1.82, 2.24) is 0 Å². The number of nitrogens with zero attached hydrogens (tertiary/aromatic N) is 1. The number of carboxylic acid groups (broad SMARTS) is 1. The largest absolute Gasteiger partial charge is 0.479 e. The maximum absolute atomic E-state index is 13.4. The molecule has 2 aromatic carbocycles. The number of alkyl halides is 3. The van der Waals surface area contributed by atoms with Crippen molar-refractivity contribution in [2.45, 2.75) is 54.3 Å². The number of aliphatic hydroxyl groups is 3. The van der Waals surface area contributed by atoms with Crippen molar-refractivity contribution in [3.8, 4) is 6.07 Å². The average Bonchev–Trinajstić information content (AvgIpc) is 2.88. The molecule has 0 aliphatic carbocycles. The first-order chi connectivity index (χ1) is 18.9. The minimum atomic E-state index is -5.01. The highest BCUT2D eigenvalue weighted by molar-refractivity contribution is 7.91. The standard InChI is InChI=1S/C24H22F4N2O10S/c1-23(10-41(37,38)14-6-3-12(25)4-7-14,40-21-18(33)16(31)17(32)19(39-21)20(34)35)22(36)30-13-5-2-11(9-29)15(8-13)24(26,27)28/h2-8,16-19,21,31-33H,10H2,1H3,(H,30,36)(H,34,35)/t16-,17-,18+,19-,21-,23?/m0/s1. The summed E-state index contributed by atoms with van der Waals surface area (Å²) in [6.07, 6.45) is -16.1. The topological polar surface area (TPSA) is 203 Å². The van der Waals surface area contributed by atoms with Gasteiger partial charge in [-0.1, -0.05) is 0 Å². The average molecular weight is 607 g/mol. The first kappa shape index (κ1) is 31.9. The number of halogens is 4. The van der Waals surface area contributed by atoms with E-state index in [0.29, 0.717) is 6.07 Å². The molecule has 17 heteroatoms. The molecule has 1 aliphatic rings. The lowest BCUT2D eigenvalue weighted by molar-refractivity contribution is -0.311. The van der Waals surface area contributed by atoms with Gasteiger partial charge in [0, 0.05) is 5.69 Å². The molecule has 1 unspecified atom stereocenters. The molecule has 1 heterocycles. The SMILES string of the molecule is CC(CS(=O)(=O)c1ccc(F)cc1)(O[C@@H]1O[C@H](C(=O)O)[C@@H](O)[C@H](O)[C@H]1O)C(=O)Nc1ccc(C#N)c(C(F)(F)F)c1. The maximum atomic E-state index is 13.4. The van der Waals surface area contributed by atoms with E-state index in [-0.39, 0.29) is 0 Å². The number of nitriles is 1. The van der Waals surface area contributed by atoms with Crippen molar-refractivity contribution in [2.24, 2.45) is 0 Å². The third kappa shape index (κ3) is 6.98. The van der Waals surface area contributed by atoms with Gasteiger partial charge in [0.05, 0.1) is 27.8 Å². The van der Waals surface area contributed by atoms with Gasteiger partial charge in [0.15, 0.2) is 27.8 Å². The second-order valence-corrected chi connectivity index (χ2v) is 11.1. The molecule has 222 valence electrons. The Morgan fingerprint density at radius 3 is 2.22 bits per heavy atom. The number of carbonyl (C=O) groups is 2. The quantitative estimate of drug-likeness (QED) is 0.210. The number of aliphatic carboxylic acids is 1. The Labute approximate surface area is 229 Å². The predicted octanol–water partition coefficient (Wildman–Crippen LogP) is 0.796. The molecule has 0 aromatic heterocycles. The van der Waals surface area contributed by atoms with Gasteiger partial charge in [-0.05, 0) is 49.4 Å². The maximum Gasteiger partial charge on any atom is 0.417 e. The molecule has 5 N–H and O–H groups in total. The summed E-state index contributed by atoms with van der Waals surface area (Å²) in [6.45, 7) is 0.820. The molecule has 1 aliphatic heterocycles. The summed E-state index contributed by atoms with van der Waals surface area (Å²) in [5.74, 6) is -5.38. The third-order valence-corrected chi connectivity index (χ3v) is 7.93. The van der Waals surface area contributed by atoms with E-state index in [1.165, 1.54) is 6.07 Å². The van der Waals surface area contributed by atoms with Crippen molar-refractivity contribution < 1.29 is 65.5 Å². The number of benzene rings is 2. The number of hydrogen-bond acceptors (Lipinski definition) is 10. The minimum Gasteiger partial charge on any atom is -0.479 e. The van der Waals surface area contributed by atoms with E-state index >= 15 is 0 Å². The molecule has 41 heavy (non-hydrogen) atoms. The number of nitrogens with one attached hydrogen (secondary N) is 1. The van der Waals surface area contributed by atoms with Crippen molar-refractivity contribution in [3.63, 3.8) is 0 Å². The summed E-state index contributed by atoms with van der Waals surface area (Å²) in [7, 11) is -4.58. The summed E-state index contributed by atoms with van der Waals surface area (Å²) in [5.41, 5.74) is -5.46. The Morgan fingerprint density at radius 1 is 1.07 bits per heavy atom. The van der Waals surface area contributed by atoms with Crippen LogP contribution in [0.2, 0.25) is 0 Å². The van der Waals surface area contributed by atoms with Gasteiger partial charge in [0.2, 0.25) is 0 Å². The van der Waals surface area contributed by atoms with Crippen LogP contribution < -0.4 is 5.32 Å². The molecule has 1 saturated heterocycles.